The van der Waals surface area contributed by atoms with Crippen LogP contribution in [0.1, 0.15) is 232 Å². The summed E-state index contributed by atoms with van der Waals surface area (Å²) in [5, 5.41) is 11.2. The topological polar surface area (TPSA) is 309 Å². The van der Waals surface area contributed by atoms with Gasteiger partial charge in [0.05, 0.1) is 0 Å². The Hall–Kier alpha value is -4.90. The van der Waals surface area contributed by atoms with Gasteiger partial charge in [-0.1, -0.05) is 168 Å². The molecule has 0 aromatic heterocycles. The zero-order valence-electron chi connectivity index (χ0n) is 45.3. The Kier molecular flexibility index (Phi) is 45.1. The number of nitrogens with zero attached hydrogens (tertiary/aromatic N) is 3. The van der Waals surface area contributed by atoms with Crippen LogP contribution in [0.3, 0.4) is 0 Å². The van der Waals surface area contributed by atoms with Gasteiger partial charge in [-0.3, -0.25) is 38.8 Å². The fourth-order valence-corrected chi connectivity index (χ4v) is 8.42. The monoisotopic (exact) mass is 1020 g/mol. The highest BCUT2D eigenvalue weighted by atomic mass is 16.2. The maximum Gasteiger partial charge on any atom is 0.246 e. The number of unbranched alkanes of at least 4 members (excludes halogenated alkanes) is 24. The number of guanidine groups is 2. The molecule has 0 bridgehead atoms. The minimum Gasteiger partial charge on any atom is -0.370 e. The number of nitrogens with two attached hydrogens (primary N) is 5. The quantitative estimate of drug-likeness (QED) is 0.0131. The second-order valence-corrected chi connectivity index (χ2v) is 19.5. The molecule has 18 heteroatoms. The minimum absolute atomic E-state index is 0.0105. The first-order valence-electron chi connectivity index (χ1n) is 28.3. The van der Waals surface area contributed by atoms with Crippen molar-refractivity contribution in [3.05, 3.63) is 12.2 Å². The maximum absolute atomic E-state index is 13.6. The lowest BCUT2D eigenvalue weighted by Crippen LogP contribution is -2.52. The largest absolute Gasteiger partial charge is 0.370 e. The highest BCUT2D eigenvalue weighted by Crippen LogP contribution is 2.15. The molecule has 2 atom stereocenters. The molecular weight excluding hydrogens is 913 g/mol. The standard InChI is InChI=1S/C54H104N12O6/c1-3-5-7-9-11-13-15-17-19-21-23-25-27-35-47(67)60-41-31-43-66(44-32-42-61-48(68)36-28-26-24-22-20-18-16-14-12-10-8-6-4-2)50(70)38-37-49(69)64-46(34-30-40-63-54(58)59)52(72)65-45(51(55)71)33-29-39-62-53(56)57/h37-38,45-46H,3-36,39-44H2,1-2H3,(H2,55,71)(H,60,67)(H,61,68)(H,64,69)(H,65,72)(H4,56,57,62)(H4,58,59,63)/b38-37-/t45-,46-/m0/s1. The van der Waals surface area contributed by atoms with Gasteiger partial charge in [0.2, 0.25) is 35.4 Å². The number of primary amides is 1. The number of nitrogens with one attached hydrogen (secondary N) is 4. The van der Waals surface area contributed by atoms with E-state index in [1.54, 1.807) is 4.90 Å². The molecule has 0 saturated heterocycles. The molecule has 72 heavy (non-hydrogen) atoms. The van der Waals surface area contributed by atoms with Gasteiger partial charge in [0.25, 0.3) is 0 Å². The van der Waals surface area contributed by atoms with E-state index in [4.69, 9.17) is 28.7 Å². The Labute approximate surface area is 435 Å². The van der Waals surface area contributed by atoms with Crippen molar-refractivity contribution in [1.82, 2.24) is 26.2 Å². The van der Waals surface area contributed by atoms with Gasteiger partial charge in [-0.15, -0.1) is 0 Å². The fourth-order valence-electron chi connectivity index (χ4n) is 8.42. The zero-order chi connectivity index (χ0) is 53.3. The van der Waals surface area contributed by atoms with E-state index in [1.807, 2.05) is 0 Å². The first-order chi connectivity index (χ1) is 34.8. The first-order valence-corrected chi connectivity index (χ1v) is 28.3. The summed E-state index contributed by atoms with van der Waals surface area (Å²) in [5.74, 6) is -2.83. The lowest BCUT2D eigenvalue weighted by molar-refractivity contribution is -0.130. The number of hydrogen-bond acceptors (Lipinski definition) is 8. The van der Waals surface area contributed by atoms with E-state index in [0.717, 1.165) is 50.7 Å². The van der Waals surface area contributed by atoms with Gasteiger partial charge in [0.1, 0.15) is 12.1 Å². The average Bonchev–Trinajstić information content (AvgIpc) is 3.34. The summed E-state index contributed by atoms with van der Waals surface area (Å²) < 4.78 is 0. The third-order valence-electron chi connectivity index (χ3n) is 12.7. The Morgan fingerprint density at radius 3 is 1.17 bits per heavy atom. The Balaban J connectivity index is 5.25. The molecule has 0 spiro atoms. The number of amides is 6. The molecule has 18 nitrogen and oxygen atoms in total. The molecule has 0 heterocycles. The predicted molar refractivity (Wildman–Crippen MR) is 294 cm³/mol. The SMILES string of the molecule is CCCCCCCCCCCCCCCC(=O)NCCCN(CCCNC(=O)CCCCCCCCCCCCCCC)C(=O)/C=C\C(=O)N[C@@H](CCCN=C(N)N)C(=O)N[C@@H](CCCN=C(N)N)C(N)=O. The van der Waals surface area contributed by atoms with Crippen molar-refractivity contribution in [3.8, 4) is 0 Å². The van der Waals surface area contributed by atoms with Crippen LogP contribution in [-0.2, 0) is 28.8 Å². The van der Waals surface area contributed by atoms with E-state index in [9.17, 15) is 28.8 Å². The highest BCUT2D eigenvalue weighted by molar-refractivity contribution is 5.99. The van der Waals surface area contributed by atoms with Crippen molar-refractivity contribution >= 4 is 47.4 Å². The summed E-state index contributed by atoms with van der Waals surface area (Å²) in [6.45, 7) is 6.29. The molecule has 0 aliphatic rings. The van der Waals surface area contributed by atoms with Crippen molar-refractivity contribution in [2.75, 3.05) is 39.3 Å². The summed E-state index contributed by atoms with van der Waals surface area (Å²) in [6.07, 6.45) is 37.3. The van der Waals surface area contributed by atoms with Crippen molar-refractivity contribution in [1.29, 1.82) is 0 Å². The van der Waals surface area contributed by atoms with E-state index < -0.39 is 35.7 Å². The van der Waals surface area contributed by atoms with E-state index in [2.05, 4.69) is 45.1 Å². The van der Waals surface area contributed by atoms with Crippen LogP contribution in [0.2, 0.25) is 0 Å². The lowest BCUT2D eigenvalue weighted by atomic mass is 10.0. The van der Waals surface area contributed by atoms with E-state index >= 15 is 0 Å². The van der Waals surface area contributed by atoms with Crippen molar-refractivity contribution in [3.63, 3.8) is 0 Å². The summed E-state index contributed by atoms with van der Waals surface area (Å²) in [7, 11) is 0. The number of carbonyl (C=O) groups is 6. The van der Waals surface area contributed by atoms with E-state index in [0.29, 0.717) is 64.7 Å². The van der Waals surface area contributed by atoms with Gasteiger partial charge in [0.15, 0.2) is 11.9 Å². The van der Waals surface area contributed by atoms with Gasteiger partial charge in [0, 0.05) is 64.3 Å². The molecular formula is C54H104N12O6. The molecule has 14 N–H and O–H groups in total. The lowest BCUT2D eigenvalue weighted by Gasteiger charge is -2.22. The number of hydrogen-bond donors (Lipinski definition) is 9. The molecule has 0 radical (unpaired) electrons. The summed E-state index contributed by atoms with van der Waals surface area (Å²) in [4.78, 5) is 87.1. The van der Waals surface area contributed by atoms with Crippen LogP contribution in [0.5, 0.6) is 0 Å². The van der Waals surface area contributed by atoms with Crippen molar-refractivity contribution in [2.45, 2.75) is 244 Å². The van der Waals surface area contributed by atoms with E-state index in [1.165, 1.54) is 128 Å². The number of rotatable bonds is 50. The molecule has 0 aromatic carbocycles. The summed E-state index contributed by atoms with van der Waals surface area (Å²) in [6, 6.07) is -2.17. The Morgan fingerprint density at radius 1 is 0.444 bits per heavy atom. The zero-order valence-corrected chi connectivity index (χ0v) is 45.3. The molecule has 0 aliphatic heterocycles. The van der Waals surface area contributed by atoms with E-state index in [-0.39, 0.29) is 49.7 Å². The molecule has 0 aromatic rings. The molecule has 0 saturated carbocycles. The smallest absolute Gasteiger partial charge is 0.246 e. The molecule has 0 fully saturated rings. The van der Waals surface area contributed by atoms with Crippen LogP contribution in [0.25, 0.3) is 0 Å². The van der Waals surface area contributed by atoms with Crippen LogP contribution < -0.4 is 49.9 Å². The first kappa shape index (κ1) is 67.1. The fraction of sp³-hybridized carbons (Fsp3) is 0.815. The van der Waals surface area contributed by atoms with Crippen LogP contribution in [-0.4, -0.2) is 104 Å². The third-order valence-corrected chi connectivity index (χ3v) is 12.7. The summed E-state index contributed by atoms with van der Waals surface area (Å²) >= 11 is 0. The number of aliphatic imine (C=N–C) groups is 2. The van der Waals surface area contributed by atoms with Crippen LogP contribution in [0.15, 0.2) is 22.1 Å². The molecule has 0 aliphatic carbocycles. The minimum atomic E-state index is -1.12. The van der Waals surface area contributed by atoms with Crippen molar-refractivity contribution < 1.29 is 28.8 Å². The predicted octanol–water partition coefficient (Wildman–Crippen LogP) is 6.91. The van der Waals surface area contributed by atoms with Crippen LogP contribution in [0, 0.1) is 0 Å². The van der Waals surface area contributed by atoms with Gasteiger partial charge >= 0.3 is 0 Å². The molecule has 0 rings (SSSR count). The third kappa shape index (κ3) is 43.9. The van der Waals surface area contributed by atoms with Crippen LogP contribution in [0.4, 0.5) is 0 Å². The molecule has 416 valence electrons. The Morgan fingerprint density at radius 2 is 0.806 bits per heavy atom. The number of carbonyl (C=O) groups excluding carboxylic acids is 6. The molecule has 0 unspecified atom stereocenters. The second kappa shape index (κ2) is 48.4. The summed E-state index contributed by atoms with van der Waals surface area (Å²) in [5.41, 5.74) is 27.2. The normalized spacial score (nSPS) is 11.9. The van der Waals surface area contributed by atoms with Gasteiger partial charge < -0.3 is 54.8 Å². The second-order valence-electron chi connectivity index (χ2n) is 19.5. The van der Waals surface area contributed by atoms with Crippen LogP contribution >= 0.6 is 0 Å². The van der Waals surface area contributed by atoms with Gasteiger partial charge in [-0.25, -0.2) is 0 Å². The van der Waals surface area contributed by atoms with Crippen molar-refractivity contribution in [2.24, 2.45) is 38.7 Å². The Bertz CT molecular complexity index is 1470. The highest BCUT2D eigenvalue weighted by Gasteiger charge is 2.25. The van der Waals surface area contributed by atoms with Gasteiger partial charge in [-0.2, -0.15) is 0 Å². The molecule has 6 amide bonds. The van der Waals surface area contributed by atoms with Gasteiger partial charge in [-0.05, 0) is 51.4 Å². The average molecular weight is 1020 g/mol. The maximum atomic E-state index is 13.6.